The molecule has 94 valence electrons. The van der Waals surface area contributed by atoms with Gasteiger partial charge in [0.25, 0.3) is 0 Å². The number of ether oxygens (including phenoxy) is 1. The van der Waals surface area contributed by atoms with Crippen molar-refractivity contribution in [1.82, 2.24) is 10.2 Å². The van der Waals surface area contributed by atoms with E-state index in [4.69, 9.17) is 4.74 Å². The molecule has 0 aliphatic carbocycles. The van der Waals surface area contributed by atoms with E-state index in [0.717, 1.165) is 38.5 Å². The molecule has 16 heavy (non-hydrogen) atoms. The lowest BCUT2D eigenvalue weighted by Gasteiger charge is -2.22. The van der Waals surface area contributed by atoms with Crippen LogP contribution in [0.1, 0.15) is 26.7 Å². The van der Waals surface area contributed by atoms with Gasteiger partial charge >= 0.3 is 5.97 Å². The van der Waals surface area contributed by atoms with Gasteiger partial charge in [0.15, 0.2) is 0 Å². The Balaban J connectivity index is 2.39. The number of hydrogen-bond donors (Lipinski definition) is 1. The summed E-state index contributed by atoms with van der Waals surface area (Å²) in [5, 5.41) is 3.25. The van der Waals surface area contributed by atoms with E-state index in [2.05, 4.69) is 24.1 Å². The molecule has 1 N–H and O–H groups in total. The van der Waals surface area contributed by atoms with E-state index in [-0.39, 0.29) is 12.0 Å². The average molecular weight is 228 g/mol. The standard InChI is InChI=1S/C12H24N2O2/c1-4-6-13-11(12(15)16-3)9-14-7-5-10(2)8-14/h10-11,13H,4-9H2,1-3H3. The van der Waals surface area contributed by atoms with Gasteiger partial charge in [-0.2, -0.15) is 0 Å². The minimum Gasteiger partial charge on any atom is -0.468 e. The van der Waals surface area contributed by atoms with Crippen LogP contribution in [0.5, 0.6) is 0 Å². The SMILES string of the molecule is CCCNC(CN1CCC(C)C1)C(=O)OC. The van der Waals surface area contributed by atoms with E-state index in [1.54, 1.807) is 0 Å². The molecule has 0 spiro atoms. The summed E-state index contributed by atoms with van der Waals surface area (Å²) in [6.07, 6.45) is 2.27. The smallest absolute Gasteiger partial charge is 0.324 e. The first-order valence-corrected chi connectivity index (χ1v) is 6.21. The van der Waals surface area contributed by atoms with Gasteiger partial charge in [0.2, 0.25) is 0 Å². The van der Waals surface area contributed by atoms with Crippen LogP contribution in [0.3, 0.4) is 0 Å². The number of likely N-dealkylation sites (tertiary alicyclic amines) is 1. The highest BCUT2D eigenvalue weighted by atomic mass is 16.5. The van der Waals surface area contributed by atoms with Crippen molar-refractivity contribution in [1.29, 1.82) is 0 Å². The van der Waals surface area contributed by atoms with E-state index < -0.39 is 0 Å². The van der Waals surface area contributed by atoms with Crippen molar-refractivity contribution in [2.45, 2.75) is 32.7 Å². The lowest BCUT2D eigenvalue weighted by atomic mass is 10.2. The molecule has 0 amide bonds. The van der Waals surface area contributed by atoms with Gasteiger partial charge in [0.05, 0.1) is 7.11 Å². The molecule has 1 aliphatic rings. The predicted octanol–water partition coefficient (Wildman–Crippen LogP) is 0.869. The number of methoxy groups -OCH3 is 1. The fourth-order valence-corrected chi connectivity index (χ4v) is 2.13. The first kappa shape index (κ1) is 13.5. The van der Waals surface area contributed by atoms with Crippen LogP contribution in [0, 0.1) is 5.92 Å². The van der Waals surface area contributed by atoms with Crippen LogP contribution in [0.4, 0.5) is 0 Å². The van der Waals surface area contributed by atoms with Crippen LogP contribution in [0.15, 0.2) is 0 Å². The van der Waals surface area contributed by atoms with Gasteiger partial charge in [-0.15, -0.1) is 0 Å². The van der Waals surface area contributed by atoms with E-state index in [1.807, 2.05) is 0 Å². The topological polar surface area (TPSA) is 41.6 Å². The predicted molar refractivity (Wildman–Crippen MR) is 64.3 cm³/mol. The van der Waals surface area contributed by atoms with Crippen LogP contribution in [0.25, 0.3) is 0 Å². The Bertz CT molecular complexity index is 221. The van der Waals surface area contributed by atoms with E-state index in [9.17, 15) is 4.79 Å². The number of nitrogens with zero attached hydrogens (tertiary/aromatic N) is 1. The van der Waals surface area contributed by atoms with Gasteiger partial charge in [-0.1, -0.05) is 13.8 Å². The van der Waals surface area contributed by atoms with Crippen molar-refractivity contribution >= 4 is 5.97 Å². The van der Waals surface area contributed by atoms with Gasteiger partial charge < -0.3 is 15.0 Å². The molecular weight excluding hydrogens is 204 g/mol. The number of carbonyl (C=O) groups is 1. The second kappa shape index (κ2) is 6.86. The molecule has 0 aromatic rings. The molecule has 1 saturated heterocycles. The van der Waals surface area contributed by atoms with Gasteiger partial charge in [-0.3, -0.25) is 4.79 Å². The molecule has 0 aromatic carbocycles. The normalized spacial score (nSPS) is 23.3. The van der Waals surface area contributed by atoms with E-state index >= 15 is 0 Å². The summed E-state index contributed by atoms with van der Waals surface area (Å²) in [4.78, 5) is 13.9. The molecule has 4 heteroatoms. The fourth-order valence-electron chi connectivity index (χ4n) is 2.13. The van der Waals surface area contributed by atoms with Crippen LogP contribution >= 0.6 is 0 Å². The summed E-state index contributed by atoms with van der Waals surface area (Å²) < 4.78 is 4.82. The second-order valence-corrected chi connectivity index (χ2v) is 4.68. The maximum Gasteiger partial charge on any atom is 0.324 e. The molecule has 1 heterocycles. The molecule has 0 radical (unpaired) electrons. The fraction of sp³-hybridized carbons (Fsp3) is 0.917. The zero-order chi connectivity index (χ0) is 12.0. The Morgan fingerprint density at radius 3 is 2.88 bits per heavy atom. The number of esters is 1. The van der Waals surface area contributed by atoms with Crippen LogP contribution < -0.4 is 5.32 Å². The molecule has 1 rings (SSSR count). The summed E-state index contributed by atoms with van der Waals surface area (Å²) in [6, 6.07) is -0.171. The summed E-state index contributed by atoms with van der Waals surface area (Å²) in [5.41, 5.74) is 0. The molecule has 2 atom stereocenters. The third kappa shape index (κ3) is 4.10. The number of hydrogen-bond acceptors (Lipinski definition) is 4. The molecule has 1 fully saturated rings. The molecule has 0 bridgehead atoms. The average Bonchev–Trinajstić information content (AvgIpc) is 2.69. The van der Waals surface area contributed by atoms with Gasteiger partial charge in [-0.25, -0.2) is 0 Å². The third-order valence-corrected chi connectivity index (χ3v) is 3.08. The Kier molecular flexibility index (Phi) is 5.77. The van der Waals surface area contributed by atoms with Crippen LogP contribution in [-0.4, -0.2) is 50.2 Å². The minimum atomic E-state index is -0.171. The highest BCUT2D eigenvalue weighted by Crippen LogP contribution is 2.15. The Labute approximate surface area is 98.3 Å². The second-order valence-electron chi connectivity index (χ2n) is 4.68. The molecule has 0 aromatic heterocycles. The molecule has 0 saturated carbocycles. The summed E-state index contributed by atoms with van der Waals surface area (Å²) in [7, 11) is 1.45. The highest BCUT2D eigenvalue weighted by Gasteiger charge is 2.25. The quantitative estimate of drug-likeness (QED) is 0.685. The number of rotatable bonds is 6. The lowest BCUT2D eigenvalue weighted by molar-refractivity contribution is -0.143. The first-order chi connectivity index (χ1) is 7.67. The van der Waals surface area contributed by atoms with Crippen LogP contribution in [0.2, 0.25) is 0 Å². The van der Waals surface area contributed by atoms with Crippen molar-refractivity contribution in [3.8, 4) is 0 Å². The van der Waals surface area contributed by atoms with E-state index in [1.165, 1.54) is 13.5 Å². The zero-order valence-electron chi connectivity index (χ0n) is 10.7. The van der Waals surface area contributed by atoms with Gasteiger partial charge in [0, 0.05) is 13.1 Å². The molecule has 1 aliphatic heterocycles. The Morgan fingerprint density at radius 2 is 2.38 bits per heavy atom. The third-order valence-electron chi connectivity index (χ3n) is 3.08. The Morgan fingerprint density at radius 1 is 1.62 bits per heavy atom. The largest absolute Gasteiger partial charge is 0.468 e. The van der Waals surface area contributed by atoms with Crippen molar-refractivity contribution in [2.75, 3.05) is 33.3 Å². The van der Waals surface area contributed by atoms with Gasteiger partial charge in [-0.05, 0) is 31.8 Å². The monoisotopic (exact) mass is 228 g/mol. The number of nitrogens with one attached hydrogen (secondary N) is 1. The Hall–Kier alpha value is -0.610. The summed E-state index contributed by atoms with van der Waals surface area (Å²) in [6.45, 7) is 8.19. The molecular formula is C12H24N2O2. The van der Waals surface area contributed by atoms with Gasteiger partial charge in [0.1, 0.15) is 6.04 Å². The summed E-state index contributed by atoms with van der Waals surface area (Å²) in [5.74, 6) is 0.609. The van der Waals surface area contributed by atoms with Crippen LogP contribution in [-0.2, 0) is 9.53 Å². The van der Waals surface area contributed by atoms with Crippen molar-refractivity contribution in [3.05, 3.63) is 0 Å². The number of carbonyl (C=O) groups excluding carboxylic acids is 1. The van der Waals surface area contributed by atoms with Crippen molar-refractivity contribution < 1.29 is 9.53 Å². The maximum absolute atomic E-state index is 11.6. The molecule has 2 unspecified atom stereocenters. The van der Waals surface area contributed by atoms with E-state index in [0.29, 0.717) is 0 Å². The molecule has 4 nitrogen and oxygen atoms in total. The van der Waals surface area contributed by atoms with Crippen molar-refractivity contribution in [3.63, 3.8) is 0 Å². The maximum atomic E-state index is 11.6. The summed E-state index contributed by atoms with van der Waals surface area (Å²) >= 11 is 0. The lowest BCUT2D eigenvalue weighted by Crippen LogP contribution is -2.46. The zero-order valence-corrected chi connectivity index (χ0v) is 10.7. The van der Waals surface area contributed by atoms with Crippen molar-refractivity contribution in [2.24, 2.45) is 5.92 Å². The minimum absolute atomic E-state index is 0.145. The first-order valence-electron chi connectivity index (χ1n) is 6.21. The highest BCUT2D eigenvalue weighted by molar-refractivity contribution is 5.75.